The van der Waals surface area contributed by atoms with Crippen LogP contribution in [-0.4, -0.2) is 41.4 Å². The molecule has 0 spiro atoms. The van der Waals surface area contributed by atoms with E-state index in [0.29, 0.717) is 24.1 Å². The number of sulfonamides is 1. The van der Waals surface area contributed by atoms with Gasteiger partial charge in [-0.15, -0.1) is 0 Å². The number of halogens is 1. The van der Waals surface area contributed by atoms with E-state index in [1.54, 1.807) is 41.2 Å². The first-order valence-corrected chi connectivity index (χ1v) is 14.3. The molecule has 1 aliphatic heterocycles. The molecule has 3 aromatic carbocycles. The summed E-state index contributed by atoms with van der Waals surface area (Å²) in [5.74, 6) is -0.430. The molecule has 1 saturated heterocycles. The lowest BCUT2D eigenvalue weighted by atomic mass is 9.65. The smallest absolute Gasteiger partial charge is 0.243 e. The first-order chi connectivity index (χ1) is 18.7. The average molecular weight is 542 g/mol. The summed E-state index contributed by atoms with van der Waals surface area (Å²) in [6, 6.07) is 20.4. The number of fused-ring (bicyclic) bond motifs is 2. The number of hydrogen-bond donors (Lipinski definition) is 0. The van der Waals surface area contributed by atoms with Crippen molar-refractivity contribution < 1.29 is 17.6 Å². The molecule has 1 fully saturated rings. The number of benzene rings is 3. The van der Waals surface area contributed by atoms with Crippen molar-refractivity contribution in [3.8, 4) is 5.69 Å². The maximum atomic E-state index is 14.3. The quantitative estimate of drug-likeness (QED) is 0.312. The summed E-state index contributed by atoms with van der Waals surface area (Å²) >= 11 is 0. The third-order valence-electron chi connectivity index (χ3n) is 7.83. The minimum Gasteiger partial charge on any atom is -0.293 e. The first-order valence-electron chi connectivity index (χ1n) is 12.9. The molecule has 2 aliphatic rings. The maximum Gasteiger partial charge on any atom is 0.243 e. The van der Waals surface area contributed by atoms with E-state index in [1.807, 2.05) is 50.3 Å². The Morgan fingerprint density at radius 3 is 2.44 bits per heavy atom. The van der Waals surface area contributed by atoms with Gasteiger partial charge in [0.1, 0.15) is 5.82 Å². The Balaban J connectivity index is 1.46. The number of Topliss-reactive ketones (excluding diaryl/α,β-unsaturated/α-hetero) is 1. The van der Waals surface area contributed by atoms with Crippen LogP contribution >= 0.6 is 0 Å². The van der Waals surface area contributed by atoms with Gasteiger partial charge in [0.15, 0.2) is 5.78 Å². The summed E-state index contributed by atoms with van der Waals surface area (Å²) in [4.78, 5) is 14.6. The van der Waals surface area contributed by atoms with Gasteiger partial charge in [0.05, 0.1) is 27.9 Å². The van der Waals surface area contributed by atoms with Crippen LogP contribution in [0.5, 0.6) is 0 Å². The average Bonchev–Trinajstić information content (AvgIpc) is 3.34. The van der Waals surface area contributed by atoms with Gasteiger partial charge in [-0.3, -0.25) is 4.79 Å². The molecule has 0 saturated carbocycles. The number of rotatable bonds is 5. The molecular weight excluding hydrogens is 513 g/mol. The Bertz CT molecular complexity index is 1720. The van der Waals surface area contributed by atoms with Crippen molar-refractivity contribution in [3.05, 3.63) is 118 Å². The normalized spacial score (nSPS) is 19.2. The standard InChI is InChI=1S/C31H28FN3O3S/c1-21-6-8-23(9-7-21)30(36)31-18-24-19-33-35(27-12-10-26(32)11-13-27)29(24)17-25(31)14-15-34(20-31)39(37,38)28-5-3-4-22(2)16-28/h3-13,16-17,19H,14-15,18,20H2,1-2H3/t31-/m0/s1. The van der Waals surface area contributed by atoms with E-state index in [1.165, 1.54) is 16.4 Å². The van der Waals surface area contributed by atoms with Crippen LogP contribution in [0.25, 0.3) is 11.8 Å². The summed E-state index contributed by atoms with van der Waals surface area (Å²) in [5, 5.41) is 4.56. The molecule has 0 bridgehead atoms. The van der Waals surface area contributed by atoms with Crippen LogP contribution in [0.2, 0.25) is 0 Å². The van der Waals surface area contributed by atoms with Gasteiger partial charge in [0.25, 0.3) is 0 Å². The molecule has 0 radical (unpaired) electrons. The lowest BCUT2D eigenvalue weighted by molar-refractivity contribution is 0.0775. The van der Waals surface area contributed by atoms with E-state index in [9.17, 15) is 17.6 Å². The van der Waals surface area contributed by atoms with Crippen LogP contribution in [0, 0.1) is 25.1 Å². The SMILES string of the molecule is Cc1ccc(C(=O)[C@]23Cc4cnn(-c5ccc(F)cc5)c4C=C2CCN(S(=O)(=O)c2cccc(C)c2)C3)cc1. The Morgan fingerprint density at radius 2 is 1.72 bits per heavy atom. The maximum absolute atomic E-state index is 14.3. The lowest BCUT2D eigenvalue weighted by Gasteiger charge is -2.45. The Kier molecular flexibility index (Phi) is 6.12. The minimum absolute atomic E-state index is 0.0446. The number of hydrogen-bond acceptors (Lipinski definition) is 4. The first kappa shape index (κ1) is 25.4. The predicted molar refractivity (Wildman–Crippen MR) is 148 cm³/mol. The van der Waals surface area contributed by atoms with Crippen molar-refractivity contribution >= 4 is 21.9 Å². The summed E-state index contributed by atoms with van der Waals surface area (Å²) in [7, 11) is -3.82. The molecule has 1 atom stereocenters. The van der Waals surface area contributed by atoms with Crippen LogP contribution in [0.3, 0.4) is 0 Å². The second-order valence-electron chi connectivity index (χ2n) is 10.5. The molecule has 4 aromatic rings. The van der Waals surface area contributed by atoms with Gasteiger partial charge < -0.3 is 0 Å². The number of carbonyl (C=O) groups excluding carboxylic acids is 1. The van der Waals surface area contributed by atoms with Crippen molar-refractivity contribution in [2.45, 2.75) is 31.6 Å². The van der Waals surface area contributed by atoms with Gasteiger partial charge >= 0.3 is 0 Å². The van der Waals surface area contributed by atoms with Crippen molar-refractivity contribution in [1.82, 2.24) is 14.1 Å². The van der Waals surface area contributed by atoms with Crippen molar-refractivity contribution in [1.29, 1.82) is 0 Å². The monoisotopic (exact) mass is 541 g/mol. The third kappa shape index (κ3) is 4.33. The zero-order valence-corrected chi connectivity index (χ0v) is 22.6. The van der Waals surface area contributed by atoms with Crippen molar-refractivity contribution in [3.63, 3.8) is 0 Å². The molecular formula is C31H28FN3O3S. The fourth-order valence-corrected chi connectivity index (χ4v) is 7.32. The summed E-state index contributed by atoms with van der Waals surface area (Å²) in [6.45, 7) is 4.14. The Hall–Kier alpha value is -3.88. The molecule has 198 valence electrons. The number of aromatic nitrogens is 2. The fraction of sp³-hybridized carbons (Fsp3) is 0.226. The lowest BCUT2D eigenvalue weighted by Crippen LogP contribution is -2.53. The second-order valence-corrected chi connectivity index (χ2v) is 12.4. The fourth-order valence-electron chi connectivity index (χ4n) is 5.72. The largest absolute Gasteiger partial charge is 0.293 e. The van der Waals surface area contributed by atoms with E-state index in [0.717, 1.165) is 28.0 Å². The molecule has 0 N–H and O–H groups in total. The van der Waals surface area contributed by atoms with Crippen LogP contribution in [0.4, 0.5) is 4.39 Å². The van der Waals surface area contributed by atoms with E-state index in [4.69, 9.17) is 0 Å². The number of carbonyl (C=O) groups is 1. The number of ketones is 1. The molecule has 1 aromatic heterocycles. The van der Waals surface area contributed by atoms with Crippen LogP contribution in [-0.2, 0) is 16.4 Å². The highest BCUT2D eigenvalue weighted by Gasteiger charge is 2.50. The van der Waals surface area contributed by atoms with Crippen molar-refractivity contribution in [2.24, 2.45) is 5.41 Å². The third-order valence-corrected chi connectivity index (χ3v) is 9.67. The predicted octanol–water partition coefficient (Wildman–Crippen LogP) is 5.53. The molecule has 0 amide bonds. The summed E-state index contributed by atoms with van der Waals surface area (Å²) in [5.41, 5.74) is 4.67. The van der Waals surface area contributed by atoms with Gasteiger partial charge in [-0.05, 0) is 80.3 Å². The molecule has 1 aliphatic carbocycles. The minimum atomic E-state index is -3.82. The number of aryl methyl sites for hydroxylation is 2. The molecule has 6 nitrogen and oxygen atoms in total. The highest BCUT2D eigenvalue weighted by Crippen LogP contribution is 2.47. The van der Waals surface area contributed by atoms with E-state index in [-0.39, 0.29) is 29.6 Å². The highest BCUT2D eigenvalue weighted by atomic mass is 32.2. The number of nitrogens with zero attached hydrogens (tertiary/aromatic N) is 3. The number of piperidine rings is 1. The second kappa shape index (κ2) is 9.39. The van der Waals surface area contributed by atoms with Crippen molar-refractivity contribution in [2.75, 3.05) is 13.1 Å². The van der Waals surface area contributed by atoms with Crippen LogP contribution < -0.4 is 0 Å². The molecule has 6 rings (SSSR count). The van der Waals surface area contributed by atoms with E-state index < -0.39 is 15.4 Å². The highest BCUT2D eigenvalue weighted by molar-refractivity contribution is 7.89. The molecule has 39 heavy (non-hydrogen) atoms. The van der Waals surface area contributed by atoms with Gasteiger partial charge in [-0.2, -0.15) is 9.40 Å². The van der Waals surface area contributed by atoms with E-state index >= 15 is 0 Å². The molecule has 0 unspecified atom stereocenters. The van der Waals surface area contributed by atoms with Gasteiger partial charge in [0, 0.05) is 18.7 Å². The zero-order chi connectivity index (χ0) is 27.4. The topological polar surface area (TPSA) is 72.3 Å². The zero-order valence-electron chi connectivity index (χ0n) is 21.8. The van der Waals surface area contributed by atoms with Gasteiger partial charge in [-0.25, -0.2) is 17.5 Å². The van der Waals surface area contributed by atoms with Crippen LogP contribution in [0.1, 0.15) is 39.2 Å². The van der Waals surface area contributed by atoms with E-state index in [2.05, 4.69) is 5.10 Å². The molecule has 8 heteroatoms. The Labute approximate surface area is 227 Å². The van der Waals surface area contributed by atoms with Crippen LogP contribution in [0.15, 0.2) is 89.5 Å². The van der Waals surface area contributed by atoms with Gasteiger partial charge in [-0.1, -0.05) is 47.5 Å². The summed E-state index contributed by atoms with van der Waals surface area (Å²) < 4.78 is 44.3. The Morgan fingerprint density at radius 1 is 0.974 bits per heavy atom. The molecule has 2 heterocycles. The van der Waals surface area contributed by atoms with Gasteiger partial charge in [0.2, 0.25) is 10.0 Å². The summed E-state index contributed by atoms with van der Waals surface area (Å²) in [6.07, 6.45) is 4.45.